The summed E-state index contributed by atoms with van der Waals surface area (Å²) in [7, 11) is 1.21. The molecule has 0 fully saturated rings. The van der Waals surface area contributed by atoms with Crippen LogP contribution in [0.15, 0.2) is 48.5 Å². The van der Waals surface area contributed by atoms with Crippen LogP contribution in [0, 0.1) is 5.82 Å². The number of ether oxygens (including phenoxy) is 2. The summed E-state index contributed by atoms with van der Waals surface area (Å²) < 4.78 is 23.8. The molecule has 0 aliphatic carbocycles. The molecule has 3 aromatic rings. The lowest BCUT2D eigenvalue weighted by atomic mass is 10.0. The van der Waals surface area contributed by atoms with Crippen LogP contribution in [0.3, 0.4) is 0 Å². The lowest BCUT2D eigenvalue weighted by Crippen LogP contribution is -2.08. The van der Waals surface area contributed by atoms with Crippen LogP contribution in [0.5, 0.6) is 5.75 Å². The predicted molar refractivity (Wildman–Crippen MR) is 74.4 cm³/mol. The summed E-state index contributed by atoms with van der Waals surface area (Å²) in [5, 5.41) is 2.47. The molecule has 0 saturated heterocycles. The van der Waals surface area contributed by atoms with Crippen molar-refractivity contribution in [3.05, 3.63) is 54.3 Å². The fourth-order valence-electron chi connectivity index (χ4n) is 2.26. The molecule has 0 aliphatic rings. The maximum atomic E-state index is 14.1. The van der Waals surface area contributed by atoms with Crippen LogP contribution in [-0.4, -0.2) is 13.3 Å². The normalized spacial score (nSPS) is 10.7. The molecular formula is C16H11FO3. The molecule has 20 heavy (non-hydrogen) atoms. The van der Waals surface area contributed by atoms with Crippen molar-refractivity contribution in [2.45, 2.75) is 0 Å². The van der Waals surface area contributed by atoms with Gasteiger partial charge in [-0.2, -0.15) is 0 Å². The number of benzene rings is 3. The highest BCUT2D eigenvalue weighted by Gasteiger charge is 2.15. The molecule has 0 aromatic heterocycles. The second-order valence-electron chi connectivity index (χ2n) is 4.32. The van der Waals surface area contributed by atoms with Gasteiger partial charge in [-0.05, 0) is 22.9 Å². The van der Waals surface area contributed by atoms with E-state index < -0.39 is 12.0 Å². The van der Waals surface area contributed by atoms with Crippen LogP contribution in [0.2, 0.25) is 0 Å². The molecule has 0 bridgehead atoms. The standard InChI is InChI=1S/C16H11FO3/c1-19-16(18)20-15-12-7-3-2-5-10(12)9-11-6-4-8-13(17)14(11)15/h2-9H,1H3. The van der Waals surface area contributed by atoms with E-state index in [0.29, 0.717) is 10.8 Å². The zero-order valence-corrected chi connectivity index (χ0v) is 10.7. The van der Waals surface area contributed by atoms with Crippen molar-refractivity contribution in [3.8, 4) is 5.75 Å². The highest BCUT2D eigenvalue weighted by molar-refractivity contribution is 6.06. The van der Waals surface area contributed by atoms with E-state index in [1.807, 2.05) is 18.2 Å². The third kappa shape index (κ3) is 1.95. The predicted octanol–water partition coefficient (Wildman–Crippen LogP) is 4.28. The Morgan fingerprint density at radius 1 is 1.05 bits per heavy atom. The molecule has 100 valence electrons. The molecule has 0 heterocycles. The number of hydrogen-bond donors (Lipinski definition) is 0. The number of carbonyl (C=O) groups excluding carboxylic acids is 1. The molecule has 0 atom stereocenters. The van der Waals surface area contributed by atoms with E-state index in [2.05, 4.69) is 4.74 Å². The van der Waals surface area contributed by atoms with Gasteiger partial charge in [0.05, 0.1) is 12.5 Å². The van der Waals surface area contributed by atoms with Gasteiger partial charge in [0.1, 0.15) is 5.82 Å². The van der Waals surface area contributed by atoms with Crippen LogP contribution in [0.4, 0.5) is 9.18 Å². The topological polar surface area (TPSA) is 35.5 Å². The fourth-order valence-corrected chi connectivity index (χ4v) is 2.26. The molecule has 0 amide bonds. The van der Waals surface area contributed by atoms with Crippen LogP contribution in [0.1, 0.15) is 0 Å². The largest absolute Gasteiger partial charge is 0.513 e. The van der Waals surface area contributed by atoms with E-state index in [-0.39, 0.29) is 11.1 Å². The Bertz CT molecular complexity index is 811. The number of halogens is 1. The van der Waals surface area contributed by atoms with Gasteiger partial charge < -0.3 is 9.47 Å². The molecule has 3 aromatic carbocycles. The molecule has 0 N–H and O–H groups in total. The first-order chi connectivity index (χ1) is 9.70. The molecule has 4 heteroatoms. The van der Waals surface area contributed by atoms with E-state index in [0.717, 1.165) is 5.39 Å². The molecule has 3 rings (SSSR count). The van der Waals surface area contributed by atoms with Crippen molar-refractivity contribution < 1.29 is 18.7 Å². The summed E-state index contributed by atoms with van der Waals surface area (Å²) in [5.74, 6) is -0.254. The minimum absolute atomic E-state index is 0.183. The average Bonchev–Trinajstić information content (AvgIpc) is 2.47. The van der Waals surface area contributed by atoms with Gasteiger partial charge in [0.2, 0.25) is 0 Å². The van der Waals surface area contributed by atoms with Gasteiger partial charge in [0.25, 0.3) is 0 Å². The van der Waals surface area contributed by atoms with E-state index in [1.54, 1.807) is 24.3 Å². The van der Waals surface area contributed by atoms with Gasteiger partial charge in [-0.3, -0.25) is 0 Å². The molecule has 0 aliphatic heterocycles. The Morgan fingerprint density at radius 2 is 1.80 bits per heavy atom. The van der Waals surface area contributed by atoms with Gasteiger partial charge in [0.15, 0.2) is 5.75 Å². The molecule has 0 unspecified atom stereocenters. The van der Waals surface area contributed by atoms with Gasteiger partial charge in [-0.25, -0.2) is 9.18 Å². The molecular weight excluding hydrogens is 259 g/mol. The number of methoxy groups -OCH3 is 1. The lowest BCUT2D eigenvalue weighted by Gasteiger charge is -2.11. The maximum Gasteiger partial charge on any atom is 0.513 e. The maximum absolute atomic E-state index is 14.1. The molecule has 0 spiro atoms. The van der Waals surface area contributed by atoms with Crippen LogP contribution in [-0.2, 0) is 4.74 Å². The monoisotopic (exact) mass is 270 g/mol. The zero-order chi connectivity index (χ0) is 14.1. The fraction of sp³-hybridized carbons (Fsp3) is 0.0625. The first kappa shape index (κ1) is 12.4. The Morgan fingerprint density at radius 3 is 2.60 bits per heavy atom. The van der Waals surface area contributed by atoms with Crippen molar-refractivity contribution in [1.29, 1.82) is 0 Å². The third-order valence-electron chi connectivity index (χ3n) is 3.14. The van der Waals surface area contributed by atoms with Gasteiger partial charge in [-0.15, -0.1) is 0 Å². The SMILES string of the molecule is COC(=O)Oc1c2ccccc2cc2cccc(F)c12. The summed E-state index contributed by atoms with van der Waals surface area (Å²) in [6, 6.07) is 13.9. The van der Waals surface area contributed by atoms with Crippen LogP contribution < -0.4 is 4.74 Å². The summed E-state index contributed by atoms with van der Waals surface area (Å²) in [4.78, 5) is 11.4. The van der Waals surface area contributed by atoms with Crippen molar-refractivity contribution in [2.24, 2.45) is 0 Å². The molecule has 0 saturated carbocycles. The van der Waals surface area contributed by atoms with Crippen molar-refractivity contribution in [3.63, 3.8) is 0 Å². The quantitative estimate of drug-likeness (QED) is 0.376. The molecule has 3 nitrogen and oxygen atoms in total. The van der Waals surface area contributed by atoms with Gasteiger partial charge in [-0.1, -0.05) is 36.4 Å². The van der Waals surface area contributed by atoms with E-state index in [4.69, 9.17) is 4.74 Å². The van der Waals surface area contributed by atoms with Crippen molar-refractivity contribution in [2.75, 3.05) is 7.11 Å². The smallest absolute Gasteiger partial charge is 0.437 e. The number of hydrogen-bond acceptors (Lipinski definition) is 3. The number of carbonyl (C=O) groups is 1. The summed E-state index contributed by atoms with van der Waals surface area (Å²) in [6.45, 7) is 0. The van der Waals surface area contributed by atoms with Crippen LogP contribution in [0.25, 0.3) is 21.5 Å². The number of rotatable bonds is 1. The molecule has 0 radical (unpaired) electrons. The summed E-state index contributed by atoms with van der Waals surface area (Å²) in [5.41, 5.74) is 0. The lowest BCUT2D eigenvalue weighted by molar-refractivity contribution is 0.122. The van der Waals surface area contributed by atoms with E-state index in [1.165, 1.54) is 13.2 Å². The van der Waals surface area contributed by atoms with Gasteiger partial charge >= 0.3 is 6.16 Å². The number of fused-ring (bicyclic) bond motifs is 2. The second kappa shape index (κ2) is 4.81. The Hall–Kier alpha value is -2.62. The van der Waals surface area contributed by atoms with E-state index in [9.17, 15) is 9.18 Å². The Labute approximate surface area is 114 Å². The minimum atomic E-state index is -0.870. The van der Waals surface area contributed by atoms with E-state index >= 15 is 0 Å². The van der Waals surface area contributed by atoms with Crippen molar-refractivity contribution >= 4 is 27.7 Å². The van der Waals surface area contributed by atoms with Crippen molar-refractivity contribution in [1.82, 2.24) is 0 Å². The Kier molecular flexibility index (Phi) is 2.99. The zero-order valence-electron chi connectivity index (χ0n) is 10.7. The van der Waals surface area contributed by atoms with Gasteiger partial charge in [0, 0.05) is 5.39 Å². The average molecular weight is 270 g/mol. The first-order valence-electron chi connectivity index (χ1n) is 6.06. The highest BCUT2D eigenvalue weighted by atomic mass is 19.1. The highest BCUT2D eigenvalue weighted by Crippen LogP contribution is 2.36. The second-order valence-corrected chi connectivity index (χ2v) is 4.32. The first-order valence-corrected chi connectivity index (χ1v) is 6.06. The third-order valence-corrected chi connectivity index (χ3v) is 3.14. The van der Waals surface area contributed by atoms with Crippen LogP contribution >= 0.6 is 0 Å². The minimum Gasteiger partial charge on any atom is -0.437 e. The summed E-state index contributed by atoms with van der Waals surface area (Å²) in [6.07, 6.45) is -0.870. The summed E-state index contributed by atoms with van der Waals surface area (Å²) >= 11 is 0. The Balaban J connectivity index is 2.41.